The molecule has 0 bridgehead atoms. The zero-order valence-corrected chi connectivity index (χ0v) is 22.9. The number of rotatable bonds is 17. The van der Waals surface area contributed by atoms with E-state index in [0.29, 0.717) is 37.8 Å². The fraction of sp³-hybridized carbons (Fsp3) is 0.630. The second-order valence-corrected chi connectivity index (χ2v) is 10.2. The monoisotopic (exact) mass is 535 g/mol. The van der Waals surface area contributed by atoms with E-state index in [1.807, 2.05) is 27.7 Å². The van der Waals surface area contributed by atoms with Gasteiger partial charge in [0.05, 0.1) is 6.04 Å². The van der Waals surface area contributed by atoms with Crippen LogP contribution < -0.4 is 27.4 Å². The number of hydrogen-bond acceptors (Lipinski definition) is 7. The lowest BCUT2D eigenvalue weighted by Crippen LogP contribution is -2.58. The maximum Gasteiger partial charge on any atom is 0.326 e. The van der Waals surface area contributed by atoms with Gasteiger partial charge in [-0.3, -0.25) is 14.4 Å². The van der Waals surface area contributed by atoms with E-state index >= 15 is 0 Å². The molecule has 0 fully saturated rings. The summed E-state index contributed by atoms with van der Waals surface area (Å²) < 4.78 is 0. The molecule has 1 aromatic rings. The minimum absolute atomic E-state index is 0.0434. The van der Waals surface area contributed by atoms with Gasteiger partial charge < -0.3 is 37.6 Å². The molecule has 0 aromatic heterocycles. The van der Waals surface area contributed by atoms with Gasteiger partial charge in [0.2, 0.25) is 17.7 Å². The lowest BCUT2D eigenvalue weighted by molar-refractivity contribution is -0.142. The largest absolute Gasteiger partial charge is 0.508 e. The molecule has 0 aliphatic carbocycles. The highest BCUT2D eigenvalue weighted by atomic mass is 16.4. The molecule has 9 N–H and O–H groups in total. The van der Waals surface area contributed by atoms with Gasteiger partial charge in [0.1, 0.15) is 23.9 Å². The third-order valence-electron chi connectivity index (χ3n) is 6.47. The highest BCUT2D eigenvalue weighted by Crippen LogP contribution is 2.13. The van der Waals surface area contributed by atoms with Crippen molar-refractivity contribution >= 4 is 23.7 Å². The van der Waals surface area contributed by atoms with Crippen LogP contribution in [0, 0.1) is 11.8 Å². The van der Waals surface area contributed by atoms with Crippen molar-refractivity contribution in [2.75, 3.05) is 6.54 Å². The third-order valence-corrected chi connectivity index (χ3v) is 6.47. The predicted octanol–water partition coefficient (Wildman–Crippen LogP) is 1.02. The van der Waals surface area contributed by atoms with Crippen LogP contribution in [-0.2, 0) is 25.6 Å². The van der Waals surface area contributed by atoms with E-state index in [-0.39, 0.29) is 30.4 Å². The van der Waals surface area contributed by atoms with E-state index in [9.17, 15) is 29.4 Å². The molecule has 1 rings (SSSR count). The van der Waals surface area contributed by atoms with Crippen LogP contribution in [0.2, 0.25) is 0 Å². The lowest BCUT2D eigenvalue weighted by atomic mass is 9.97. The summed E-state index contributed by atoms with van der Waals surface area (Å²) in [5.41, 5.74) is 12.2. The lowest BCUT2D eigenvalue weighted by Gasteiger charge is -2.27. The van der Waals surface area contributed by atoms with E-state index in [4.69, 9.17) is 11.5 Å². The molecule has 1 aromatic carbocycles. The van der Waals surface area contributed by atoms with Crippen LogP contribution in [-0.4, -0.2) is 64.6 Å². The zero-order chi connectivity index (χ0) is 28.8. The zero-order valence-electron chi connectivity index (χ0n) is 22.9. The average Bonchev–Trinajstić information content (AvgIpc) is 2.87. The summed E-state index contributed by atoms with van der Waals surface area (Å²) >= 11 is 0. The van der Waals surface area contributed by atoms with Gasteiger partial charge in [-0.1, -0.05) is 46.2 Å². The van der Waals surface area contributed by atoms with E-state index in [1.54, 1.807) is 12.1 Å². The highest BCUT2D eigenvalue weighted by molar-refractivity contribution is 5.94. The molecule has 0 saturated heterocycles. The Labute approximate surface area is 225 Å². The minimum atomic E-state index is -1.19. The van der Waals surface area contributed by atoms with Gasteiger partial charge in [0, 0.05) is 6.42 Å². The SMILES string of the molecule is CCC(C)C(N)C(=O)NC(CC(C)C)C(=O)NC(Cc1ccc(O)cc1)C(=O)NC(CCCCN)C(=O)O. The number of benzene rings is 1. The summed E-state index contributed by atoms with van der Waals surface area (Å²) in [5.74, 6) is -2.87. The molecule has 38 heavy (non-hydrogen) atoms. The second-order valence-electron chi connectivity index (χ2n) is 10.2. The number of phenolic OH excluding ortho intramolecular Hbond substituents is 1. The Morgan fingerprint density at radius 1 is 0.868 bits per heavy atom. The minimum Gasteiger partial charge on any atom is -0.508 e. The Hall–Kier alpha value is -3.18. The first-order chi connectivity index (χ1) is 17.9. The van der Waals surface area contributed by atoms with Crippen LogP contribution in [0.15, 0.2) is 24.3 Å². The molecule has 0 radical (unpaired) electrons. The molecule has 11 nitrogen and oxygen atoms in total. The molecule has 5 unspecified atom stereocenters. The molecular formula is C27H45N5O6. The van der Waals surface area contributed by atoms with Crippen molar-refractivity contribution < 1.29 is 29.4 Å². The standard InChI is InChI=1S/C27H45N5O6/c1-5-17(4)23(29)26(36)32-21(14-16(2)3)24(34)31-22(15-18-9-11-19(33)12-10-18)25(35)30-20(27(37)38)8-6-7-13-28/h9-12,16-17,20-23,33H,5-8,13-15,28-29H2,1-4H3,(H,30,35)(H,31,34)(H,32,36)(H,37,38). The maximum atomic E-state index is 13.3. The molecule has 0 aliphatic heterocycles. The van der Waals surface area contributed by atoms with Gasteiger partial charge in [0.25, 0.3) is 0 Å². The van der Waals surface area contributed by atoms with Gasteiger partial charge in [-0.25, -0.2) is 4.79 Å². The van der Waals surface area contributed by atoms with Gasteiger partial charge >= 0.3 is 5.97 Å². The molecule has 214 valence electrons. The van der Waals surface area contributed by atoms with Crippen LogP contribution in [0.25, 0.3) is 0 Å². The second kappa shape index (κ2) is 16.6. The fourth-order valence-corrected chi connectivity index (χ4v) is 3.86. The Balaban J connectivity index is 3.15. The van der Waals surface area contributed by atoms with Gasteiger partial charge in [-0.05, 0) is 61.8 Å². The molecule has 0 heterocycles. The topological polar surface area (TPSA) is 197 Å². The Morgan fingerprint density at radius 2 is 1.42 bits per heavy atom. The Bertz CT molecular complexity index is 908. The number of amides is 3. The summed E-state index contributed by atoms with van der Waals surface area (Å²) in [6, 6.07) is 2.13. The van der Waals surface area contributed by atoms with Crippen LogP contribution in [0.4, 0.5) is 0 Å². The molecular weight excluding hydrogens is 490 g/mol. The first-order valence-corrected chi connectivity index (χ1v) is 13.3. The summed E-state index contributed by atoms with van der Waals surface area (Å²) in [6.45, 7) is 7.99. The van der Waals surface area contributed by atoms with Crippen LogP contribution in [0.1, 0.15) is 65.4 Å². The number of unbranched alkanes of at least 4 members (excludes halogenated alkanes) is 1. The highest BCUT2D eigenvalue weighted by Gasteiger charge is 2.31. The van der Waals surface area contributed by atoms with E-state index in [2.05, 4.69) is 16.0 Å². The van der Waals surface area contributed by atoms with Crippen molar-refractivity contribution in [1.82, 2.24) is 16.0 Å². The number of aliphatic carboxylic acids is 1. The molecule has 0 spiro atoms. The Morgan fingerprint density at radius 3 is 1.95 bits per heavy atom. The van der Waals surface area contributed by atoms with Gasteiger partial charge in [0.15, 0.2) is 0 Å². The van der Waals surface area contributed by atoms with Crippen molar-refractivity contribution in [3.8, 4) is 5.75 Å². The van der Waals surface area contributed by atoms with Crippen molar-refractivity contribution in [2.24, 2.45) is 23.3 Å². The molecule has 0 saturated carbocycles. The number of carbonyl (C=O) groups is 4. The Kier molecular flexibility index (Phi) is 14.4. The predicted molar refractivity (Wildman–Crippen MR) is 145 cm³/mol. The smallest absolute Gasteiger partial charge is 0.326 e. The molecule has 5 atom stereocenters. The van der Waals surface area contributed by atoms with Gasteiger partial charge in [-0.2, -0.15) is 0 Å². The quantitative estimate of drug-likeness (QED) is 0.143. The van der Waals surface area contributed by atoms with Gasteiger partial charge in [-0.15, -0.1) is 0 Å². The number of carbonyl (C=O) groups excluding carboxylic acids is 3. The van der Waals surface area contributed by atoms with Crippen molar-refractivity contribution in [3.63, 3.8) is 0 Å². The number of phenols is 1. The maximum absolute atomic E-state index is 13.3. The third kappa shape index (κ3) is 11.5. The summed E-state index contributed by atoms with van der Waals surface area (Å²) in [4.78, 5) is 51.1. The number of aromatic hydroxyl groups is 1. The number of nitrogens with one attached hydrogen (secondary N) is 3. The first kappa shape index (κ1) is 32.8. The van der Waals surface area contributed by atoms with Crippen molar-refractivity contribution in [3.05, 3.63) is 29.8 Å². The van der Waals surface area contributed by atoms with Crippen LogP contribution >= 0.6 is 0 Å². The summed E-state index contributed by atoms with van der Waals surface area (Å²) in [5, 5.41) is 27.1. The number of hydrogen-bond donors (Lipinski definition) is 7. The number of nitrogens with two attached hydrogens (primary N) is 2. The van der Waals surface area contributed by atoms with E-state index in [1.165, 1.54) is 12.1 Å². The van der Waals surface area contributed by atoms with Crippen LogP contribution in [0.5, 0.6) is 5.75 Å². The normalized spacial score (nSPS) is 15.1. The van der Waals surface area contributed by atoms with E-state index < -0.39 is 47.9 Å². The van der Waals surface area contributed by atoms with Crippen LogP contribution in [0.3, 0.4) is 0 Å². The number of carboxylic acid groups (broad SMARTS) is 1. The molecule has 11 heteroatoms. The van der Waals surface area contributed by atoms with Crippen molar-refractivity contribution in [1.29, 1.82) is 0 Å². The average molecular weight is 536 g/mol. The summed E-state index contributed by atoms with van der Waals surface area (Å²) in [6.07, 6.45) is 2.37. The number of carboxylic acids is 1. The van der Waals surface area contributed by atoms with Crippen molar-refractivity contribution in [2.45, 2.75) is 90.4 Å². The fourth-order valence-electron chi connectivity index (χ4n) is 3.86. The summed E-state index contributed by atoms with van der Waals surface area (Å²) in [7, 11) is 0. The van der Waals surface area contributed by atoms with E-state index in [0.717, 1.165) is 0 Å². The first-order valence-electron chi connectivity index (χ1n) is 13.3. The molecule has 0 aliphatic rings. The molecule has 3 amide bonds.